The molecule has 1 rings (SSSR count). The molecule has 1 atom stereocenters. The maximum Gasteiger partial charge on any atom is 0.188 e. The third-order valence-electron chi connectivity index (χ3n) is 2.18. The summed E-state index contributed by atoms with van der Waals surface area (Å²) in [5, 5.41) is 3.12. The monoisotopic (exact) mass is 187 g/mol. The van der Waals surface area contributed by atoms with Gasteiger partial charge in [-0.1, -0.05) is 0 Å². The van der Waals surface area contributed by atoms with Crippen molar-refractivity contribution in [3.05, 3.63) is 0 Å². The van der Waals surface area contributed by atoms with Gasteiger partial charge in [0.2, 0.25) is 0 Å². The summed E-state index contributed by atoms with van der Waals surface area (Å²) in [6, 6.07) is 0. The van der Waals surface area contributed by atoms with E-state index in [0.717, 1.165) is 6.54 Å². The first-order valence-electron chi connectivity index (χ1n) is 4.26. The molecule has 4 heteroatoms. The minimum atomic E-state index is 0.370. The molecule has 0 aromatic rings. The minimum absolute atomic E-state index is 0.370. The first-order chi connectivity index (χ1) is 5.66. The lowest BCUT2D eigenvalue weighted by Gasteiger charge is -2.22. The van der Waals surface area contributed by atoms with E-state index in [1.165, 1.54) is 18.6 Å². The van der Waals surface area contributed by atoms with Gasteiger partial charge >= 0.3 is 0 Å². The standard InChI is InChI=1S/C8H17N3S/c1-8(4-3-5-12-8)6-11-7(9)10-2/h3-6H2,1-2H3,(H3,9,10,11). The predicted molar refractivity (Wildman–Crippen MR) is 55.6 cm³/mol. The summed E-state index contributed by atoms with van der Waals surface area (Å²) in [5.74, 6) is 1.82. The van der Waals surface area contributed by atoms with Crippen LogP contribution in [-0.2, 0) is 0 Å². The quantitative estimate of drug-likeness (QED) is 0.497. The average Bonchev–Trinajstić information content (AvgIpc) is 2.49. The number of nitrogens with two attached hydrogens (primary N) is 1. The molecule has 1 aliphatic rings. The molecule has 0 spiro atoms. The van der Waals surface area contributed by atoms with Gasteiger partial charge < -0.3 is 11.1 Å². The first-order valence-corrected chi connectivity index (χ1v) is 5.25. The number of hydrogen-bond donors (Lipinski definition) is 2. The number of rotatable bonds is 2. The fraction of sp³-hybridized carbons (Fsp3) is 0.875. The van der Waals surface area contributed by atoms with Crippen molar-refractivity contribution >= 4 is 17.7 Å². The van der Waals surface area contributed by atoms with Crippen LogP contribution in [0.25, 0.3) is 0 Å². The second-order valence-corrected chi connectivity index (χ2v) is 5.05. The van der Waals surface area contributed by atoms with E-state index in [1.807, 2.05) is 11.8 Å². The van der Waals surface area contributed by atoms with Crippen molar-refractivity contribution in [2.24, 2.45) is 10.7 Å². The molecule has 1 heterocycles. The number of nitrogens with zero attached hydrogens (tertiary/aromatic N) is 1. The molecule has 12 heavy (non-hydrogen) atoms. The van der Waals surface area contributed by atoms with Crippen LogP contribution in [0.1, 0.15) is 19.8 Å². The van der Waals surface area contributed by atoms with Gasteiger partial charge in [-0.15, -0.1) is 0 Å². The van der Waals surface area contributed by atoms with Crippen molar-refractivity contribution in [3.63, 3.8) is 0 Å². The molecule has 3 N–H and O–H groups in total. The van der Waals surface area contributed by atoms with Gasteiger partial charge in [0.05, 0.1) is 0 Å². The average molecular weight is 187 g/mol. The van der Waals surface area contributed by atoms with Gasteiger partial charge in [-0.3, -0.25) is 4.99 Å². The number of guanidine groups is 1. The fourth-order valence-electron chi connectivity index (χ4n) is 1.33. The Labute approximate surface area is 78.2 Å². The summed E-state index contributed by atoms with van der Waals surface area (Å²) in [6.45, 7) is 3.21. The highest BCUT2D eigenvalue weighted by molar-refractivity contribution is 8.00. The zero-order valence-electron chi connectivity index (χ0n) is 7.76. The lowest BCUT2D eigenvalue weighted by atomic mass is 10.1. The van der Waals surface area contributed by atoms with Crippen LogP contribution in [0.3, 0.4) is 0 Å². The highest BCUT2D eigenvalue weighted by Gasteiger charge is 2.29. The van der Waals surface area contributed by atoms with Crippen LogP contribution in [-0.4, -0.2) is 30.1 Å². The highest BCUT2D eigenvalue weighted by Crippen LogP contribution is 2.36. The summed E-state index contributed by atoms with van der Waals surface area (Å²) in [6.07, 6.45) is 2.60. The molecule has 0 aromatic heterocycles. The van der Waals surface area contributed by atoms with Crippen molar-refractivity contribution in [3.8, 4) is 0 Å². The van der Waals surface area contributed by atoms with Crippen molar-refractivity contribution in [2.75, 3.05) is 19.3 Å². The molecule has 0 saturated carbocycles. The molecule has 3 nitrogen and oxygen atoms in total. The Balaban J connectivity index is 2.30. The smallest absolute Gasteiger partial charge is 0.188 e. The topological polar surface area (TPSA) is 50.4 Å². The van der Waals surface area contributed by atoms with Crippen LogP contribution in [0.5, 0.6) is 0 Å². The van der Waals surface area contributed by atoms with Gasteiger partial charge in [0, 0.05) is 18.3 Å². The van der Waals surface area contributed by atoms with Crippen LogP contribution < -0.4 is 11.1 Å². The predicted octanol–water partition coefficient (Wildman–Crippen LogP) is 0.806. The first kappa shape index (κ1) is 9.71. The molecule has 1 saturated heterocycles. The number of hydrogen-bond acceptors (Lipinski definition) is 2. The van der Waals surface area contributed by atoms with Gasteiger partial charge in [0.15, 0.2) is 5.96 Å². The summed E-state index contributed by atoms with van der Waals surface area (Å²) in [5.41, 5.74) is 5.54. The van der Waals surface area contributed by atoms with E-state index in [2.05, 4.69) is 17.2 Å². The van der Waals surface area contributed by atoms with Gasteiger partial charge in [0.1, 0.15) is 0 Å². The third-order valence-corrected chi connectivity index (χ3v) is 3.72. The molecular formula is C8H17N3S. The number of thioether (sulfide) groups is 1. The van der Waals surface area contributed by atoms with E-state index in [9.17, 15) is 0 Å². The molecule has 0 aliphatic carbocycles. The van der Waals surface area contributed by atoms with E-state index in [-0.39, 0.29) is 0 Å². The number of aliphatic imine (C=N–C) groups is 1. The Hall–Kier alpha value is -0.380. The lowest BCUT2D eigenvalue weighted by Crippen LogP contribution is -2.40. The zero-order valence-corrected chi connectivity index (χ0v) is 8.58. The Kier molecular flexibility index (Phi) is 3.26. The third kappa shape index (κ3) is 2.59. The second-order valence-electron chi connectivity index (χ2n) is 3.36. The summed E-state index contributed by atoms with van der Waals surface area (Å²) >= 11 is 2.02. The normalized spacial score (nSPS) is 30.7. The van der Waals surface area contributed by atoms with E-state index in [4.69, 9.17) is 5.73 Å². The lowest BCUT2D eigenvalue weighted by molar-refractivity contribution is 0.589. The van der Waals surface area contributed by atoms with Crippen LogP contribution in [0.15, 0.2) is 4.99 Å². The summed E-state index contributed by atoms with van der Waals surface area (Å²) in [4.78, 5) is 3.85. The van der Waals surface area contributed by atoms with Crippen molar-refractivity contribution in [1.82, 2.24) is 5.32 Å². The van der Waals surface area contributed by atoms with E-state index in [0.29, 0.717) is 10.7 Å². The van der Waals surface area contributed by atoms with Gasteiger partial charge in [-0.05, 0) is 25.5 Å². The molecule has 0 aromatic carbocycles. The summed E-state index contributed by atoms with van der Waals surface area (Å²) < 4.78 is 0.370. The molecule has 1 fully saturated rings. The van der Waals surface area contributed by atoms with Crippen LogP contribution >= 0.6 is 11.8 Å². The van der Waals surface area contributed by atoms with Crippen LogP contribution in [0.2, 0.25) is 0 Å². The van der Waals surface area contributed by atoms with Crippen LogP contribution in [0, 0.1) is 0 Å². The molecule has 0 amide bonds. The van der Waals surface area contributed by atoms with Gasteiger partial charge in [-0.2, -0.15) is 11.8 Å². The Bertz CT molecular complexity index is 173. The molecule has 70 valence electrons. The van der Waals surface area contributed by atoms with Crippen molar-refractivity contribution in [2.45, 2.75) is 24.5 Å². The Morgan fingerprint density at radius 1 is 1.75 bits per heavy atom. The largest absolute Gasteiger partial charge is 0.370 e. The van der Waals surface area contributed by atoms with Gasteiger partial charge in [-0.25, -0.2) is 0 Å². The molecule has 1 aliphatic heterocycles. The molecule has 1 unspecified atom stereocenters. The highest BCUT2D eigenvalue weighted by atomic mass is 32.2. The number of nitrogens with one attached hydrogen (secondary N) is 1. The van der Waals surface area contributed by atoms with Crippen molar-refractivity contribution < 1.29 is 0 Å². The summed E-state index contributed by atoms with van der Waals surface area (Å²) in [7, 11) is 1.70. The second kappa shape index (κ2) is 4.03. The fourth-order valence-corrected chi connectivity index (χ4v) is 2.58. The maximum absolute atomic E-state index is 5.54. The minimum Gasteiger partial charge on any atom is -0.370 e. The zero-order chi connectivity index (χ0) is 9.03. The SMILES string of the molecule is CN=C(N)NCC1(C)CCCS1. The van der Waals surface area contributed by atoms with Crippen LogP contribution in [0.4, 0.5) is 0 Å². The molecular weight excluding hydrogens is 170 g/mol. The molecule has 0 bridgehead atoms. The van der Waals surface area contributed by atoms with E-state index in [1.54, 1.807) is 7.05 Å². The molecule has 0 radical (unpaired) electrons. The van der Waals surface area contributed by atoms with Crippen molar-refractivity contribution in [1.29, 1.82) is 0 Å². The van der Waals surface area contributed by atoms with E-state index >= 15 is 0 Å². The Morgan fingerprint density at radius 3 is 3.00 bits per heavy atom. The maximum atomic E-state index is 5.54. The van der Waals surface area contributed by atoms with Gasteiger partial charge in [0.25, 0.3) is 0 Å². The Morgan fingerprint density at radius 2 is 2.50 bits per heavy atom. The van der Waals surface area contributed by atoms with E-state index < -0.39 is 0 Å².